The van der Waals surface area contributed by atoms with Crippen LogP contribution in [-0.2, 0) is 0 Å². The summed E-state index contributed by atoms with van der Waals surface area (Å²) in [5, 5.41) is 10.8. The van der Waals surface area contributed by atoms with E-state index in [0.29, 0.717) is 16.2 Å². The molecule has 0 saturated heterocycles. The molecule has 0 bridgehead atoms. The smallest absolute Gasteiger partial charge is 0.0625 e. The van der Waals surface area contributed by atoms with Gasteiger partial charge in [0.1, 0.15) is 0 Å². The zero-order valence-electron chi connectivity index (χ0n) is 16.1. The van der Waals surface area contributed by atoms with Crippen LogP contribution in [0.5, 0.6) is 0 Å². The third-order valence-corrected chi connectivity index (χ3v) is 10.3. The molecule has 134 valence electrons. The van der Waals surface area contributed by atoms with E-state index in [-0.39, 0.29) is 0 Å². The van der Waals surface area contributed by atoms with Crippen molar-refractivity contribution in [1.29, 1.82) is 0 Å². The molecule has 0 heterocycles. The Hall–Kier alpha value is -0.370. The highest BCUT2D eigenvalue weighted by molar-refractivity contribution is 5.92. The molecule has 24 heavy (non-hydrogen) atoms. The maximum atomic E-state index is 10.8. The van der Waals surface area contributed by atoms with Crippen LogP contribution in [0.4, 0.5) is 0 Å². The van der Waals surface area contributed by atoms with E-state index >= 15 is 0 Å². The topological polar surface area (TPSA) is 32.6 Å². The molecule has 0 aromatic rings. The standard InChI is InChI=1S/C22H35NO/c1-14-21-10-7-15-16-5-6-18(23-4)20(16,3)9-8-17(15)22(14,21)12-11-19(2,24)13-21/h14-17,24H,5-13H2,1-4H3/t14-,15+,16?,17?,19-,20+,21-,22+/m1/s1. The molecule has 0 amide bonds. The van der Waals surface area contributed by atoms with E-state index in [0.717, 1.165) is 36.5 Å². The van der Waals surface area contributed by atoms with Gasteiger partial charge in [-0.2, -0.15) is 0 Å². The number of aliphatic imine (C=N–C) groups is 1. The Labute approximate surface area is 147 Å². The van der Waals surface area contributed by atoms with Gasteiger partial charge < -0.3 is 5.11 Å². The highest BCUT2D eigenvalue weighted by atomic mass is 16.3. The minimum Gasteiger partial charge on any atom is -0.390 e. The summed E-state index contributed by atoms with van der Waals surface area (Å²) < 4.78 is 0. The van der Waals surface area contributed by atoms with Gasteiger partial charge in [-0.3, -0.25) is 4.99 Å². The van der Waals surface area contributed by atoms with Crippen molar-refractivity contribution < 1.29 is 5.11 Å². The number of hydrogen-bond donors (Lipinski definition) is 1. The van der Waals surface area contributed by atoms with Crippen LogP contribution in [0, 0.1) is 39.9 Å². The summed E-state index contributed by atoms with van der Waals surface area (Å²) in [6, 6.07) is 0. The number of aliphatic hydroxyl groups is 1. The van der Waals surface area contributed by atoms with Crippen LogP contribution >= 0.6 is 0 Å². The lowest BCUT2D eigenvalue weighted by Gasteiger charge is -2.55. The summed E-state index contributed by atoms with van der Waals surface area (Å²) in [4.78, 5) is 4.71. The summed E-state index contributed by atoms with van der Waals surface area (Å²) >= 11 is 0. The predicted octanol–water partition coefficient (Wildman–Crippen LogP) is 4.85. The maximum Gasteiger partial charge on any atom is 0.0625 e. The summed E-state index contributed by atoms with van der Waals surface area (Å²) in [7, 11) is 2.02. The molecule has 0 aliphatic heterocycles. The molecular weight excluding hydrogens is 294 g/mol. The lowest BCUT2D eigenvalue weighted by Crippen LogP contribution is -2.50. The average Bonchev–Trinajstić information content (AvgIpc) is 2.89. The first-order valence-corrected chi connectivity index (χ1v) is 10.5. The van der Waals surface area contributed by atoms with Crippen molar-refractivity contribution in [2.24, 2.45) is 44.9 Å². The van der Waals surface area contributed by atoms with E-state index in [9.17, 15) is 5.11 Å². The molecule has 8 atom stereocenters. The fourth-order valence-electron chi connectivity index (χ4n) is 9.28. The highest BCUT2D eigenvalue weighted by Crippen LogP contribution is 2.86. The summed E-state index contributed by atoms with van der Waals surface area (Å²) in [5.74, 6) is 3.60. The van der Waals surface area contributed by atoms with Gasteiger partial charge >= 0.3 is 0 Å². The second-order valence-corrected chi connectivity index (χ2v) is 10.7. The van der Waals surface area contributed by atoms with Gasteiger partial charge in [0.05, 0.1) is 5.60 Å². The second kappa shape index (κ2) is 4.48. The molecule has 2 nitrogen and oxygen atoms in total. The summed E-state index contributed by atoms with van der Waals surface area (Å²) in [5.41, 5.74) is 2.61. The average molecular weight is 330 g/mol. The van der Waals surface area contributed by atoms with Crippen LogP contribution in [0.25, 0.3) is 0 Å². The van der Waals surface area contributed by atoms with Crippen LogP contribution in [0.1, 0.15) is 78.6 Å². The molecule has 5 aliphatic rings. The van der Waals surface area contributed by atoms with Gasteiger partial charge in [-0.1, -0.05) is 13.8 Å². The maximum absolute atomic E-state index is 10.8. The molecule has 1 N–H and O–H groups in total. The third-order valence-electron chi connectivity index (χ3n) is 10.3. The molecule has 2 unspecified atom stereocenters. The van der Waals surface area contributed by atoms with Crippen molar-refractivity contribution in [3.05, 3.63) is 0 Å². The molecule has 5 rings (SSSR count). The minimum absolute atomic E-state index is 0.403. The van der Waals surface area contributed by atoms with Gasteiger partial charge in [0.15, 0.2) is 0 Å². The van der Waals surface area contributed by atoms with Crippen molar-refractivity contribution in [2.45, 2.75) is 84.2 Å². The van der Waals surface area contributed by atoms with Gasteiger partial charge in [-0.15, -0.1) is 0 Å². The number of fused-ring (bicyclic) bond motifs is 3. The van der Waals surface area contributed by atoms with Crippen LogP contribution < -0.4 is 0 Å². The van der Waals surface area contributed by atoms with Gasteiger partial charge in [0.2, 0.25) is 0 Å². The molecule has 5 aliphatic carbocycles. The Morgan fingerprint density at radius 3 is 2.54 bits per heavy atom. The largest absolute Gasteiger partial charge is 0.390 e. The van der Waals surface area contributed by atoms with Crippen LogP contribution in [0.3, 0.4) is 0 Å². The minimum atomic E-state index is -0.403. The first kappa shape index (κ1) is 15.9. The predicted molar refractivity (Wildman–Crippen MR) is 98.1 cm³/mol. The van der Waals surface area contributed by atoms with Crippen molar-refractivity contribution in [2.75, 3.05) is 7.05 Å². The Balaban J connectivity index is 1.50. The van der Waals surface area contributed by atoms with E-state index in [2.05, 4.69) is 20.8 Å². The van der Waals surface area contributed by atoms with Gasteiger partial charge in [0, 0.05) is 18.2 Å². The van der Waals surface area contributed by atoms with E-state index < -0.39 is 5.60 Å². The van der Waals surface area contributed by atoms with Crippen molar-refractivity contribution >= 4 is 5.71 Å². The Morgan fingerprint density at radius 2 is 1.79 bits per heavy atom. The second-order valence-electron chi connectivity index (χ2n) is 10.7. The molecule has 0 aromatic heterocycles. The van der Waals surface area contributed by atoms with E-state index in [1.807, 2.05) is 7.05 Å². The molecule has 0 spiro atoms. The van der Waals surface area contributed by atoms with Gasteiger partial charge in [0.25, 0.3) is 0 Å². The van der Waals surface area contributed by atoms with Gasteiger partial charge in [-0.05, 0) is 99.2 Å². The van der Waals surface area contributed by atoms with Gasteiger partial charge in [-0.25, -0.2) is 0 Å². The van der Waals surface area contributed by atoms with Crippen LogP contribution in [-0.4, -0.2) is 23.5 Å². The molecule has 5 fully saturated rings. The van der Waals surface area contributed by atoms with E-state index in [1.54, 1.807) is 0 Å². The monoisotopic (exact) mass is 329 g/mol. The quantitative estimate of drug-likeness (QED) is 0.677. The fraction of sp³-hybridized carbons (Fsp3) is 0.955. The van der Waals surface area contributed by atoms with Crippen molar-refractivity contribution in [1.82, 2.24) is 0 Å². The number of hydrogen-bond acceptors (Lipinski definition) is 2. The fourth-order valence-corrected chi connectivity index (χ4v) is 9.28. The Morgan fingerprint density at radius 1 is 1.00 bits per heavy atom. The highest BCUT2D eigenvalue weighted by Gasteiger charge is 2.81. The molecule has 5 saturated carbocycles. The van der Waals surface area contributed by atoms with E-state index in [4.69, 9.17) is 4.99 Å². The van der Waals surface area contributed by atoms with Crippen LogP contribution in [0.2, 0.25) is 0 Å². The molecular formula is C22H35NO. The molecule has 2 heteroatoms. The Bertz CT molecular complexity index is 609. The van der Waals surface area contributed by atoms with Crippen LogP contribution in [0.15, 0.2) is 4.99 Å². The zero-order valence-corrected chi connectivity index (χ0v) is 16.1. The zero-order chi connectivity index (χ0) is 17.0. The molecule has 0 radical (unpaired) electrons. The lowest BCUT2D eigenvalue weighted by atomic mass is 9.49. The lowest BCUT2D eigenvalue weighted by molar-refractivity contribution is -0.0878. The number of nitrogens with zero attached hydrogens (tertiary/aromatic N) is 1. The van der Waals surface area contributed by atoms with Crippen molar-refractivity contribution in [3.8, 4) is 0 Å². The molecule has 0 aromatic carbocycles. The first-order valence-electron chi connectivity index (χ1n) is 10.5. The van der Waals surface area contributed by atoms with E-state index in [1.165, 1.54) is 50.7 Å². The SMILES string of the molecule is CN=C1CCC2[C@@H]3CC[C@]45C[C@](C)(O)CC[C@@]4(C3CC[C@]12C)[C@@H]5C. The van der Waals surface area contributed by atoms with Crippen molar-refractivity contribution in [3.63, 3.8) is 0 Å². The Kier molecular flexibility index (Phi) is 2.96. The third kappa shape index (κ3) is 1.57. The first-order chi connectivity index (χ1) is 11.3. The summed E-state index contributed by atoms with van der Waals surface area (Å²) in [6.45, 7) is 7.16. The summed E-state index contributed by atoms with van der Waals surface area (Å²) in [6.07, 6.45) is 11.6. The number of rotatable bonds is 0. The normalized spacial score (nSPS) is 63.3.